The Bertz CT molecular complexity index is 377. The first-order valence-electron chi connectivity index (χ1n) is 5.15. The van der Waals surface area contributed by atoms with Gasteiger partial charge in [-0.1, -0.05) is 13.8 Å². The number of esters is 1. The molecule has 0 spiro atoms. The van der Waals surface area contributed by atoms with Crippen LogP contribution in [0.5, 0.6) is 0 Å². The smallest absolute Gasteiger partial charge is 0.308 e. The van der Waals surface area contributed by atoms with Gasteiger partial charge in [0.1, 0.15) is 18.2 Å². The van der Waals surface area contributed by atoms with Crippen molar-refractivity contribution in [3.8, 4) is 0 Å². The monoisotopic (exact) mass is 228 g/mol. The zero-order chi connectivity index (χ0) is 12.1. The second-order valence-electron chi connectivity index (χ2n) is 3.65. The molecule has 0 saturated carbocycles. The third kappa shape index (κ3) is 3.29. The quantitative estimate of drug-likeness (QED) is 0.740. The molecule has 4 heteroatoms. The van der Waals surface area contributed by atoms with E-state index in [0.717, 1.165) is 12.1 Å². The molecule has 16 heavy (non-hydrogen) atoms. The predicted octanol–water partition coefficient (Wildman–Crippen LogP) is 3.05. The molecule has 1 aromatic carbocycles. The molecule has 1 rings (SSSR count). The summed E-state index contributed by atoms with van der Waals surface area (Å²) < 4.78 is 30.6. The Kier molecular flexibility index (Phi) is 4.40. The zero-order valence-electron chi connectivity index (χ0n) is 9.30. The van der Waals surface area contributed by atoms with E-state index in [9.17, 15) is 13.6 Å². The molecule has 0 bridgehead atoms. The summed E-state index contributed by atoms with van der Waals surface area (Å²) in [6.45, 7) is 3.45. The van der Waals surface area contributed by atoms with Crippen molar-refractivity contribution in [3.63, 3.8) is 0 Å². The zero-order valence-corrected chi connectivity index (χ0v) is 9.30. The van der Waals surface area contributed by atoms with Crippen LogP contribution < -0.4 is 0 Å². The fourth-order valence-electron chi connectivity index (χ4n) is 1.10. The molecule has 0 amide bonds. The van der Waals surface area contributed by atoms with Gasteiger partial charge in [0, 0.05) is 11.6 Å². The highest BCUT2D eigenvalue weighted by molar-refractivity contribution is 5.71. The lowest BCUT2D eigenvalue weighted by molar-refractivity contribution is -0.149. The van der Waals surface area contributed by atoms with Crippen LogP contribution in [-0.4, -0.2) is 5.97 Å². The fourth-order valence-corrected chi connectivity index (χ4v) is 1.10. The Morgan fingerprint density at radius 2 is 2.12 bits per heavy atom. The van der Waals surface area contributed by atoms with Crippen molar-refractivity contribution in [2.75, 3.05) is 0 Å². The third-order valence-corrected chi connectivity index (χ3v) is 2.40. The maximum atomic E-state index is 13.2. The second-order valence-corrected chi connectivity index (χ2v) is 3.65. The third-order valence-electron chi connectivity index (χ3n) is 2.40. The van der Waals surface area contributed by atoms with E-state index in [4.69, 9.17) is 4.74 Å². The van der Waals surface area contributed by atoms with Gasteiger partial charge in [-0.2, -0.15) is 0 Å². The summed E-state index contributed by atoms with van der Waals surface area (Å²) in [5, 5.41) is 0. The van der Waals surface area contributed by atoms with E-state index in [0.29, 0.717) is 6.42 Å². The largest absolute Gasteiger partial charge is 0.460 e. The second kappa shape index (κ2) is 5.58. The van der Waals surface area contributed by atoms with Crippen molar-refractivity contribution < 1.29 is 18.3 Å². The summed E-state index contributed by atoms with van der Waals surface area (Å²) in [6, 6.07) is 3.18. The minimum Gasteiger partial charge on any atom is -0.460 e. The summed E-state index contributed by atoms with van der Waals surface area (Å²) in [4.78, 5) is 11.3. The molecule has 0 aliphatic carbocycles. The highest BCUT2D eigenvalue weighted by Crippen LogP contribution is 2.12. The van der Waals surface area contributed by atoms with E-state index in [2.05, 4.69) is 0 Å². The van der Waals surface area contributed by atoms with Gasteiger partial charge in [0.05, 0.1) is 5.92 Å². The number of hydrogen-bond acceptors (Lipinski definition) is 2. The van der Waals surface area contributed by atoms with Gasteiger partial charge in [0.25, 0.3) is 0 Å². The van der Waals surface area contributed by atoms with E-state index in [1.54, 1.807) is 6.92 Å². The van der Waals surface area contributed by atoms with Gasteiger partial charge in [0.2, 0.25) is 0 Å². The number of ether oxygens (including phenoxy) is 1. The number of carbonyl (C=O) groups excluding carboxylic acids is 1. The molecule has 0 aliphatic rings. The first kappa shape index (κ1) is 12.6. The van der Waals surface area contributed by atoms with Gasteiger partial charge in [-0.05, 0) is 18.6 Å². The normalized spacial score (nSPS) is 12.2. The van der Waals surface area contributed by atoms with E-state index in [1.807, 2.05) is 6.92 Å². The van der Waals surface area contributed by atoms with E-state index < -0.39 is 11.6 Å². The standard InChI is InChI=1S/C12H14F2O2/c1-3-8(2)12(15)16-7-9-4-5-10(13)6-11(9)14/h4-6,8H,3,7H2,1-2H3. The average Bonchev–Trinajstić information content (AvgIpc) is 2.26. The SMILES string of the molecule is CCC(C)C(=O)OCc1ccc(F)cc1F. The topological polar surface area (TPSA) is 26.3 Å². The minimum absolute atomic E-state index is 0.157. The summed E-state index contributed by atoms with van der Waals surface area (Å²) in [5.41, 5.74) is 0.179. The lowest BCUT2D eigenvalue weighted by Gasteiger charge is -2.09. The predicted molar refractivity (Wildman–Crippen MR) is 55.6 cm³/mol. The van der Waals surface area contributed by atoms with Gasteiger partial charge in [0.15, 0.2) is 0 Å². The van der Waals surface area contributed by atoms with Crippen LogP contribution in [0.1, 0.15) is 25.8 Å². The van der Waals surface area contributed by atoms with Crippen LogP contribution in [0.4, 0.5) is 8.78 Å². The minimum atomic E-state index is -0.697. The molecule has 0 aromatic heterocycles. The maximum Gasteiger partial charge on any atom is 0.308 e. The van der Waals surface area contributed by atoms with Gasteiger partial charge in [-0.25, -0.2) is 8.78 Å². The number of halogens is 2. The first-order chi connectivity index (χ1) is 7.54. The van der Waals surface area contributed by atoms with Crippen LogP contribution in [0.2, 0.25) is 0 Å². The molecular formula is C12H14F2O2. The Morgan fingerprint density at radius 1 is 1.44 bits per heavy atom. The lowest BCUT2D eigenvalue weighted by atomic mass is 10.1. The summed E-state index contributed by atoms with van der Waals surface area (Å²) in [6.07, 6.45) is 0.671. The number of rotatable bonds is 4. The van der Waals surface area contributed by atoms with Crippen LogP contribution >= 0.6 is 0 Å². The Labute approximate surface area is 93.2 Å². The summed E-state index contributed by atoms with van der Waals surface area (Å²) in [5.74, 6) is -1.92. The Hall–Kier alpha value is -1.45. The number of carbonyl (C=O) groups is 1. The molecule has 1 aromatic rings. The molecule has 0 aliphatic heterocycles. The number of hydrogen-bond donors (Lipinski definition) is 0. The molecule has 1 atom stereocenters. The van der Waals surface area contributed by atoms with E-state index in [1.165, 1.54) is 6.07 Å². The molecule has 1 unspecified atom stereocenters. The van der Waals surface area contributed by atoms with Crippen molar-refractivity contribution in [1.29, 1.82) is 0 Å². The molecule has 0 fully saturated rings. The maximum absolute atomic E-state index is 13.2. The summed E-state index contributed by atoms with van der Waals surface area (Å²) >= 11 is 0. The summed E-state index contributed by atoms with van der Waals surface area (Å²) in [7, 11) is 0. The highest BCUT2D eigenvalue weighted by Gasteiger charge is 2.13. The molecule has 0 saturated heterocycles. The number of benzene rings is 1. The van der Waals surface area contributed by atoms with Crippen molar-refractivity contribution in [2.24, 2.45) is 5.92 Å². The van der Waals surface area contributed by atoms with E-state index >= 15 is 0 Å². The van der Waals surface area contributed by atoms with Gasteiger partial charge in [-0.15, -0.1) is 0 Å². The molecule has 0 N–H and O–H groups in total. The van der Waals surface area contributed by atoms with Crippen molar-refractivity contribution in [2.45, 2.75) is 26.9 Å². The molecule has 2 nitrogen and oxygen atoms in total. The molecule has 0 heterocycles. The lowest BCUT2D eigenvalue weighted by Crippen LogP contribution is -2.14. The van der Waals surface area contributed by atoms with Crippen molar-refractivity contribution in [1.82, 2.24) is 0 Å². The molecule has 0 radical (unpaired) electrons. The fraction of sp³-hybridized carbons (Fsp3) is 0.417. The van der Waals surface area contributed by atoms with Crippen LogP contribution in [0.3, 0.4) is 0 Å². The van der Waals surface area contributed by atoms with Gasteiger partial charge in [-0.3, -0.25) is 4.79 Å². The van der Waals surface area contributed by atoms with Crippen LogP contribution in [-0.2, 0) is 16.1 Å². The van der Waals surface area contributed by atoms with Crippen molar-refractivity contribution >= 4 is 5.97 Å². The molecular weight excluding hydrogens is 214 g/mol. The first-order valence-corrected chi connectivity index (χ1v) is 5.15. The van der Waals surface area contributed by atoms with Crippen LogP contribution in [0, 0.1) is 17.6 Å². The van der Waals surface area contributed by atoms with Crippen LogP contribution in [0.15, 0.2) is 18.2 Å². The van der Waals surface area contributed by atoms with E-state index in [-0.39, 0.29) is 24.1 Å². The highest BCUT2D eigenvalue weighted by atomic mass is 19.1. The Balaban J connectivity index is 2.58. The van der Waals surface area contributed by atoms with Crippen LogP contribution in [0.25, 0.3) is 0 Å². The van der Waals surface area contributed by atoms with Gasteiger partial charge < -0.3 is 4.74 Å². The average molecular weight is 228 g/mol. The van der Waals surface area contributed by atoms with Gasteiger partial charge >= 0.3 is 5.97 Å². The van der Waals surface area contributed by atoms with Crippen molar-refractivity contribution in [3.05, 3.63) is 35.4 Å². The Morgan fingerprint density at radius 3 is 2.69 bits per heavy atom. The molecule has 88 valence electrons.